The fourth-order valence-corrected chi connectivity index (χ4v) is 2.61. The molecule has 1 aromatic carbocycles. The van der Waals surface area contributed by atoms with Gasteiger partial charge in [0.1, 0.15) is 10.8 Å². The number of hydrogen-bond donors (Lipinski definition) is 2. The highest BCUT2D eigenvalue weighted by Gasteiger charge is 2.01. The van der Waals surface area contributed by atoms with Gasteiger partial charge in [0.2, 0.25) is 0 Å². The Morgan fingerprint density at radius 1 is 1.27 bits per heavy atom. The van der Waals surface area contributed by atoms with Crippen molar-refractivity contribution in [2.45, 2.75) is 26.9 Å². The van der Waals surface area contributed by atoms with Crippen LogP contribution in [-0.2, 0) is 13.1 Å². The van der Waals surface area contributed by atoms with Crippen LogP contribution in [0.4, 0.5) is 0 Å². The van der Waals surface area contributed by atoms with Crippen molar-refractivity contribution >= 4 is 17.3 Å². The number of nitrogens with one attached hydrogen (secondary N) is 2. The normalized spacial score (nSPS) is 11.3. The monoisotopic (exact) mass is 318 g/mol. The van der Waals surface area contributed by atoms with Crippen molar-refractivity contribution in [3.63, 3.8) is 0 Å². The zero-order chi connectivity index (χ0) is 15.8. The molecule has 0 atom stereocenters. The molecule has 6 heteroatoms. The van der Waals surface area contributed by atoms with Crippen LogP contribution < -0.4 is 15.4 Å². The quantitative estimate of drug-likeness (QED) is 0.635. The van der Waals surface area contributed by atoms with Crippen molar-refractivity contribution in [3.05, 3.63) is 45.9 Å². The first-order chi connectivity index (χ1) is 10.7. The maximum atomic E-state index is 5.16. The van der Waals surface area contributed by atoms with E-state index in [2.05, 4.69) is 34.5 Å². The lowest BCUT2D eigenvalue weighted by molar-refractivity contribution is 0.414. The second kappa shape index (κ2) is 8.38. The van der Waals surface area contributed by atoms with E-state index in [-0.39, 0.29) is 0 Å². The Hall–Kier alpha value is -2.08. The lowest BCUT2D eigenvalue weighted by Crippen LogP contribution is -2.36. The van der Waals surface area contributed by atoms with Crippen LogP contribution >= 0.6 is 11.3 Å². The summed E-state index contributed by atoms with van der Waals surface area (Å²) in [5.74, 6) is 1.66. The van der Waals surface area contributed by atoms with E-state index in [1.54, 1.807) is 18.4 Å². The predicted octanol–water partition coefficient (Wildman–Crippen LogP) is 2.72. The zero-order valence-electron chi connectivity index (χ0n) is 13.2. The largest absolute Gasteiger partial charge is 0.497 e. The molecule has 0 radical (unpaired) electrons. The summed E-state index contributed by atoms with van der Waals surface area (Å²) in [6, 6.07) is 7.94. The van der Waals surface area contributed by atoms with Gasteiger partial charge in [-0.2, -0.15) is 0 Å². The van der Waals surface area contributed by atoms with Crippen LogP contribution in [0.15, 0.2) is 35.5 Å². The number of nitrogens with zero attached hydrogens (tertiary/aromatic N) is 2. The molecule has 0 aliphatic heterocycles. The van der Waals surface area contributed by atoms with E-state index in [9.17, 15) is 0 Å². The van der Waals surface area contributed by atoms with Gasteiger partial charge in [-0.3, -0.25) is 0 Å². The van der Waals surface area contributed by atoms with Crippen molar-refractivity contribution in [3.8, 4) is 5.75 Å². The number of rotatable bonds is 6. The Morgan fingerprint density at radius 2 is 2.05 bits per heavy atom. The molecule has 1 heterocycles. The topological polar surface area (TPSA) is 58.5 Å². The Kier molecular flexibility index (Phi) is 6.21. The predicted molar refractivity (Wildman–Crippen MR) is 91.5 cm³/mol. The Labute approximate surface area is 135 Å². The maximum Gasteiger partial charge on any atom is 0.191 e. The molecule has 0 aliphatic carbocycles. The molecule has 0 amide bonds. The molecule has 0 spiro atoms. The molecule has 0 aliphatic rings. The number of guanidine groups is 1. The third-order valence-electron chi connectivity index (χ3n) is 3.00. The van der Waals surface area contributed by atoms with Crippen LogP contribution in [0.3, 0.4) is 0 Å². The summed E-state index contributed by atoms with van der Waals surface area (Å²) < 4.78 is 5.16. The third-order valence-corrected chi connectivity index (χ3v) is 3.91. The molecule has 2 rings (SSSR count). The number of aromatic nitrogens is 1. The van der Waals surface area contributed by atoms with Crippen molar-refractivity contribution in [1.82, 2.24) is 15.6 Å². The summed E-state index contributed by atoms with van der Waals surface area (Å²) in [4.78, 5) is 10.2. The highest BCUT2D eigenvalue weighted by atomic mass is 32.1. The molecule has 0 saturated carbocycles. The lowest BCUT2D eigenvalue weighted by atomic mass is 10.2. The van der Waals surface area contributed by atoms with E-state index < -0.39 is 0 Å². The van der Waals surface area contributed by atoms with Gasteiger partial charge in [0, 0.05) is 17.6 Å². The minimum Gasteiger partial charge on any atom is -0.497 e. The minimum atomic E-state index is 0.621. The van der Waals surface area contributed by atoms with E-state index in [1.807, 2.05) is 30.5 Å². The van der Waals surface area contributed by atoms with Crippen molar-refractivity contribution in [1.29, 1.82) is 0 Å². The Morgan fingerprint density at radius 3 is 2.64 bits per heavy atom. The lowest BCUT2D eigenvalue weighted by Gasteiger charge is -2.10. The van der Waals surface area contributed by atoms with Gasteiger partial charge >= 0.3 is 0 Å². The van der Waals surface area contributed by atoms with E-state index >= 15 is 0 Å². The van der Waals surface area contributed by atoms with Crippen LogP contribution in [0, 0.1) is 6.92 Å². The Balaban J connectivity index is 1.93. The molecule has 0 bridgehead atoms. The van der Waals surface area contributed by atoms with Crippen LogP contribution in [0.5, 0.6) is 5.75 Å². The average Bonchev–Trinajstić information content (AvgIpc) is 2.96. The first-order valence-corrected chi connectivity index (χ1v) is 8.09. The van der Waals surface area contributed by atoms with Gasteiger partial charge in [-0.1, -0.05) is 12.1 Å². The Bertz CT molecular complexity index is 607. The number of hydrogen-bond acceptors (Lipinski definition) is 4. The maximum absolute atomic E-state index is 5.16. The fraction of sp³-hybridized carbons (Fsp3) is 0.375. The molecular formula is C16H22N4OS. The molecule has 0 saturated heterocycles. The first kappa shape index (κ1) is 16.3. The van der Waals surface area contributed by atoms with Crippen LogP contribution in [0.25, 0.3) is 0 Å². The van der Waals surface area contributed by atoms with Crippen LogP contribution in [-0.4, -0.2) is 24.6 Å². The minimum absolute atomic E-state index is 0.621. The summed E-state index contributed by atoms with van der Waals surface area (Å²) in [7, 11) is 1.67. The van der Waals surface area contributed by atoms with E-state index in [0.29, 0.717) is 13.1 Å². The van der Waals surface area contributed by atoms with Crippen molar-refractivity contribution in [2.24, 2.45) is 4.99 Å². The van der Waals surface area contributed by atoms with Gasteiger partial charge in [-0.15, -0.1) is 11.3 Å². The van der Waals surface area contributed by atoms with Gasteiger partial charge in [0.25, 0.3) is 0 Å². The summed E-state index contributed by atoms with van der Waals surface area (Å²) in [6.07, 6.45) is 1.89. The smallest absolute Gasteiger partial charge is 0.191 e. The number of aliphatic imine (C=N–C) groups is 1. The standard InChI is InChI=1S/C16H22N4OS/c1-4-17-16(20-11-15-18-9-12(2)22-15)19-10-13-5-7-14(21-3)8-6-13/h5-9H,4,10-11H2,1-3H3,(H2,17,19,20). The summed E-state index contributed by atoms with van der Waals surface area (Å²) in [6.45, 7) is 6.25. The molecule has 1 aromatic heterocycles. The SMILES string of the molecule is CCNC(=NCc1ccc(OC)cc1)NCc1ncc(C)s1. The molecule has 22 heavy (non-hydrogen) atoms. The molecular weight excluding hydrogens is 296 g/mol. The summed E-state index contributed by atoms with van der Waals surface area (Å²) in [5.41, 5.74) is 1.14. The van der Waals surface area contributed by atoms with E-state index in [0.717, 1.165) is 28.8 Å². The summed E-state index contributed by atoms with van der Waals surface area (Å²) in [5, 5.41) is 7.61. The molecule has 0 unspecified atom stereocenters. The van der Waals surface area contributed by atoms with Crippen molar-refractivity contribution in [2.75, 3.05) is 13.7 Å². The molecule has 5 nitrogen and oxygen atoms in total. The highest BCUT2D eigenvalue weighted by Crippen LogP contribution is 2.12. The number of benzene rings is 1. The molecule has 118 valence electrons. The van der Waals surface area contributed by atoms with Crippen molar-refractivity contribution < 1.29 is 4.74 Å². The number of ether oxygens (including phenoxy) is 1. The highest BCUT2D eigenvalue weighted by molar-refractivity contribution is 7.11. The van der Waals surface area contributed by atoms with Gasteiger partial charge in [0.05, 0.1) is 20.2 Å². The van der Waals surface area contributed by atoms with Crippen LogP contribution in [0.1, 0.15) is 22.4 Å². The fourth-order valence-electron chi connectivity index (χ4n) is 1.89. The van der Waals surface area contributed by atoms with E-state index in [1.165, 1.54) is 4.88 Å². The second-order valence-electron chi connectivity index (χ2n) is 4.76. The third kappa shape index (κ3) is 5.04. The first-order valence-electron chi connectivity index (χ1n) is 7.27. The number of aryl methyl sites for hydroxylation is 1. The number of thiazole rings is 1. The number of methoxy groups -OCH3 is 1. The zero-order valence-corrected chi connectivity index (χ0v) is 14.0. The molecule has 0 fully saturated rings. The van der Waals surface area contributed by atoms with Gasteiger partial charge in [0.15, 0.2) is 5.96 Å². The summed E-state index contributed by atoms with van der Waals surface area (Å²) >= 11 is 1.70. The van der Waals surface area contributed by atoms with Gasteiger partial charge in [-0.25, -0.2) is 9.98 Å². The molecule has 2 N–H and O–H groups in total. The molecule has 2 aromatic rings. The van der Waals surface area contributed by atoms with Gasteiger partial charge < -0.3 is 15.4 Å². The van der Waals surface area contributed by atoms with E-state index in [4.69, 9.17) is 4.74 Å². The van der Waals surface area contributed by atoms with Crippen LogP contribution in [0.2, 0.25) is 0 Å². The second-order valence-corrected chi connectivity index (χ2v) is 6.08. The average molecular weight is 318 g/mol. The van der Waals surface area contributed by atoms with Gasteiger partial charge in [-0.05, 0) is 31.5 Å².